The third kappa shape index (κ3) is 2.65. The predicted octanol–water partition coefficient (Wildman–Crippen LogP) is 2.77. The number of epoxide rings is 1. The SMILES string of the molecule is COc1cccc([C@@H]2O[C@@H]2C(=O)Nc2ccccc2)c1. The van der Waals surface area contributed by atoms with Crippen LogP contribution in [0.4, 0.5) is 5.69 Å². The van der Waals surface area contributed by atoms with Crippen LogP contribution in [0.1, 0.15) is 11.7 Å². The lowest BCUT2D eigenvalue weighted by molar-refractivity contribution is -0.117. The number of carbonyl (C=O) groups is 1. The van der Waals surface area contributed by atoms with Gasteiger partial charge < -0.3 is 14.8 Å². The molecule has 1 N–H and O–H groups in total. The van der Waals surface area contributed by atoms with Crippen LogP contribution >= 0.6 is 0 Å². The van der Waals surface area contributed by atoms with Gasteiger partial charge in [-0.25, -0.2) is 0 Å². The van der Waals surface area contributed by atoms with Gasteiger partial charge >= 0.3 is 0 Å². The van der Waals surface area contributed by atoms with Gasteiger partial charge in [0, 0.05) is 5.69 Å². The molecule has 0 aromatic heterocycles. The molecule has 2 aromatic carbocycles. The molecule has 0 radical (unpaired) electrons. The van der Waals surface area contributed by atoms with E-state index < -0.39 is 6.10 Å². The number of hydrogen-bond donors (Lipinski definition) is 1. The normalized spacial score (nSPS) is 20.2. The molecule has 3 rings (SSSR count). The quantitative estimate of drug-likeness (QED) is 0.868. The molecular weight excluding hydrogens is 254 g/mol. The summed E-state index contributed by atoms with van der Waals surface area (Å²) in [5.41, 5.74) is 1.73. The average Bonchev–Trinajstić information content (AvgIpc) is 3.29. The maximum Gasteiger partial charge on any atom is 0.256 e. The number of nitrogens with one attached hydrogen (secondary N) is 1. The van der Waals surface area contributed by atoms with Crippen LogP contribution in [0.2, 0.25) is 0 Å². The Balaban J connectivity index is 1.65. The fourth-order valence-corrected chi connectivity index (χ4v) is 2.12. The van der Waals surface area contributed by atoms with Crippen molar-refractivity contribution in [2.24, 2.45) is 0 Å². The Bertz CT molecular complexity index is 612. The van der Waals surface area contributed by atoms with E-state index in [2.05, 4.69) is 5.32 Å². The van der Waals surface area contributed by atoms with Crippen molar-refractivity contribution in [3.8, 4) is 5.75 Å². The number of carbonyl (C=O) groups excluding carboxylic acids is 1. The van der Waals surface area contributed by atoms with Gasteiger partial charge in [0.2, 0.25) is 0 Å². The number of para-hydroxylation sites is 1. The lowest BCUT2D eigenvalue weighted by atomic mass is 10.1. The summed E-state index contributed by atoms with van der Waals surface area (Å²) in [5, 5.41) is 2.84. The first-order chi connectivity index (χ1) is 9.78. The Kier molecular flexibility index (Phi) is 3.39. The van der Waals surface area contributed by atoms with Crippen LogP contribution in [0.5, 0.6) is 5.75 Å². The van der Waals surface area contributed by atoms with Gasteiger partial charge in [0.05, 0.1) is 7.11 Å². The van der Waals surface area contributed by atoms with Gasteiger partial charge in [0.1, 0.15) is 11.9 Å². The molecule has 1 aliphatic heterocycles. The Morgan fingerprint density at radius 1 is 1.15 bits per heavy atom. The maximum atomic E-state index is 12.0. The molecule has 4 heteroatoms. The van der Waals surface area contributed by atoms with E-state index >= 15 is 0 Å². The lowest BCUT2D eigenvalue weighted by Gasteiger charge is -2.03. The topological polar surface area (TPSA) is 50.9 Å². The van der Waals surface area contributed by atoms with E-state index in [1.54, 1.807) is 7.11 Å². The van der Waals surface area contributed by atoms with Crippen molar-refractivity contribution < 1.29 is 14.3 Å². The molecule has 102 valence electrons. The molecule has 0 aliphatic carbocycles. The van der Waals surface area contributed by atoms with Gasteiger partial charge in [-0.3, -0.25) is 4.79 Å². The standard InChI is InChI=1S/C16H15NO3/c1-19-13-9-5-6-11(10-13)14-15(20-14)16(18)17-12-7-3-2-4-8-12/h2-10,14-15H,1H3,(H,17,18)/t14-,15-/m0/s1. The van der Waals surface area contributed by atoms with E-state index in [-0.39, 0.29) is 12.0 Å². The molecule has 2 atom stereocenters. The number of benzene rings is 2. The summed E-state index contributed by atoms with van der Waals surface area (Å²) >= 11 is 0. The summed E-state index contributed by atoms with van der Waals surface area (Å²) in [5.74, 6) is 0.643. The molecular formula is C16H15NO3. The Morgan fingerprint density at radius 3 is 2.70 bits per heavy atom. The zero-order valence-electron chi connectivity index (χ0n) is 11.1. The molecule has 1 saturated heterocycles. The van der Waals surface area contributed by atoms with Crippen molar-refractivity contribution >= 4 is 11.6 Å². The zero-order chi connectivity index (χ0) is 13.9. The van der Waals surface area contributed by atoms with Crippen molar-refractivity contribution in [3.63, 3.8) is 0 Å². The van der Waals surface area contributed by atoms with Crippen LogP contribution in [-0.2, 0) is 9.53 Å². The third-order valence-corrected chi connectivity index (χ3v) is 3.21. The van der Waals surface area contributed by atoms with Crippen LogP contribution in [0.15, 0.2) is 54.6 Å². The van der Waals surface area contributed by atoms with Crippen molar-refractivity contribution in [1.82, 2.24) is 0 Å². The first-order valence-corrected chi connectivity index (χ1v) is 6.43. The van der Waals surface area contributed by atoms with E-state index in [9.17, 15) is 4.79 Å². The molecule has 0 saturated carbocycles. The van der Waals surface area contributed by atoms with Crippen molar-refractivity contribution in [2.45, 2.75) is 12.2 Å². The first kappa shape index (κ1) is 12.7. The monoisotopic (exact) mass is 269 g/mol. The Morgan fingerprint density at radius 2 is 1.95 bits per heavy atom. The summed E-state index contributed by atoms with van der Waals surface area (Å²) in [4.78, 5) is 12.0. The number of anilines is 1. The van der Waals surface area contributed by atoms with E-state index in [0.29, 0.717) is 0 Å². The minimum absolute atomic E-state index is 0.121. The highest BCUT2D eigenvalue weighted by atomic mass is 16.6. The van der Waals surface area contributed by atoms with Crippen LogP contribution < -0.4 is 10.1 Å². The minimum atomic E-state index is -0.428. The van der Waals surface area contributed by atoms with E-state index in [0.717, 1.165) is 17.0 Å². The van der Waals surface area contributed by atoms with Gasteiger partial charge in [-0.05, 0) is 29.8 Å². The predicted molar refractivity (Wildman–Crippen MR) is 75.7 cm³/mol. The number of ether oxygens (including phenoxy) is 2. The molecule has 4 nitrogen and oxygen atoms in total. The first-order valence-electron chi connectivity index (χ1n) is 6.43. The minimum Gasteiger partial charge on any atom is -0.497 e. The highest BCUT2D eigenvalue weighted by molar-refractivity contribution is 5.96. The molecule has 2 aromatic rings. The number of rotatable bonds is 4. The molecule has 1 aliphatic rings. The van der Waals surface area contributed by atoms with Crippen molar-refractivity contribution in [3.05, 3.63) is 60.2 Å². The van der Waals surface area contributed by atoms with Crippen molar-refractivity contribution in [2.75, 3.05) is 12.4 Å². The van der Waals surface area contributed by atoms with Crippen LogP contribution in [-0.4, -0.2) is 19.1 Å². The third-order valence-electron chi connectivity index (χ3n) is 3.21. The second kappa shape index (κ2) is 5.35. The molecule has 1 fully saturated rings. The molecule has 20 heavy (non-hydrogen) atoms. The zero-order valence-corrected chi connectivity index (χ0v) is 11.1. The van der Waals surface area contributed by atoms with E-state index in [1.165, 1.54) is 0 Å². The highest BCUT2D eigenvalue weighted by Crippen LogP contribution is 2.40. The summed E-state index contributed by atoms with van der Waals surface area (Å²) < 4.78 is 10.6. The molecule has 0 unspecified atom stereocenters. The summed E-state index contributed by atoms with van der Waals surface area (Å²) in [6, 6.07) is 16.9. The van der Waals surface area contributed by atoms with Gasteiger partial charge in [-0.15, -0.1) is 0 Å². The fourth-order valence-electron chi connectivity index (χ4n) is 2.12. The Hall–Kier alpha value is -2.33. The lowest BCUT2D eigenvalue weighted by Crippen LogP contribution is -2.18. The molecule has 0 bridgehead atoms. The second-order valence-electron chi connectivity index (χ2n) is 4.61. The van der Waals surface area contributed by atoms with Crippen LogP contribution in [0.25, 0.3) is 0 Å². The number of amides is 1. The van der Waals surface area contributed by atoms with E-state index in [4.69, 9.17) is 9.47 Å². The second-order valence-corrected chi connectivity index (χ2v) is 4.61. The smallest absolute Gasteiger partial charge is 0.256 e. The molecule has 1 amide bonds. The van der Waals surface area contributed by atoms with Crippen LogP contribution in [0, 0.1) is 0 Å². The molecule has 1 heterocycles. The summed E-state index contributed by atoms with van der Waals surface area (Å²) in [6.07, 6.45) is -0.615. The summed E-state index contributed by atoms with van der Waals surface area (Å²) in [6.45, 7) is 0. The van der Waals surface area contributed by atoms with E-state index in [1.807, 2.05) is 54.6 Å². The summed E-state index contributed by atoms with van der Waals surface area (Å²) in [7, 11) is 1.62. The van der Waals surface area contributed by atoms with Gasteiger partial charge in [0.25, 0.3) is 5.91 Å². The Labute approximate surface area is 117 Å². The average molecular weight is 269 g/mol. The van der Waals surface area contributed by atoms with Gasteiger partial charge in [-0.2, -0.15) is 0 Å². The maximum absolute atomic E-state index is 12.0. The fraction of sp³-hybridized carbons (Fsp3) is 0.188. The number of methoxy groups -OCH3 is 1. The van der Waals surface area contributed by atoms with Crippen molar-refractivity contribution in [1.29, 1.82) is 0 Å². The largest absolute Gasteiger partial charge is 0.497 e. The highest BCUT2D eigenvalue weighted by Gasteiger charge is 2.46. The van der Waals surface area contributed by atoms with Gasteiger partial charge in [0.15, 0.2) is 6.10 Å². The molecule has 0 spiro atoms. The number of hydrogen-bond acceptors (Lipinski definition) is 3. The van der Waals surface area contributed by atoms with Crippen LogP contribution in [0.3, 0.4) is 0 Å². The van der Waals surface area contributed by atoms with Gasteiger partial charge in [-0.1, -0.05) is 30.3 Å².